The van der Waals surface area contributed by atoms with E-state index in [4.69, 9.17) is 16.3 Å². The molecule has 0 saturated heterocycles. The molecule has 108 valence electrons. The van der Waals surface area contributed by atoms with E-state index in [0.717, 1.165) is 16.0 Å². The number of ether oxygens (including phenoxy) is 1. The molecule has 7 heteroatoms. The first kappa shape index (κ1) is 13.2. The van der Waals surface area contributed by atoms with E-state index in [9.17, 15) is 0 Å². The number of rotatable bonds is 3. The second kappa shape index (κ2) is 5.40. The predicted octanol–water partition coefficient (Wildman–Crippen LogP) is 4.53. The van der Waals surface area contributed by atoms with Crippen LogP contribution in [0.25, 0.3) is 21.6 Å². The minimum Gasteiger partial charge on any atom is -0.423 e. The quantitative estimate of drug-likeness (QED) is 0.600. The van der Waals surface area contributed by atoms with Crippen LogP contribution in [0.5, 0.6) is 11.8 Å². The number of aromatic nitrogens is 4. The van der Waals surface area contributed by atoms with Crippen LogP contribution < -0.4 is 4.74 Å². The number of para-hydroxylation sites is 1. The Hall–Kier alpha value is -2.44. The van der Waals surface area contributed by atoms with Crippen LogP contribution in [0.15, 0.2) is 48.0 Å². The average molecular weight is 329 g/mol. The summed E-state index contributed by atoms with van der Waals surface area (Å²) in [5, 5.41) is 10.6. The van der Waals surface area contributed by atoms with Crippen LogP contribution in [0.1, 0.15) is 0 Å². The summed E-state index contributed by atoms with van der Waals surface area (Å²) < 4.78 is 5.62. The van der Waals surface area contributed by atoms with Gasteiger partial charge in [0.25, 0.3) is 0 Å². The predicted molar refractivity (Wildman–Crippen MR) is 86.5 cm³/mol. The number of fused-ring (bicyclic) bond motifs is 1. The molecule has 0 aliphatic heterocycles. The molecule has 4 aromatic rings. The summed E-state index contributed by atoms with van der Waals surface area (Å²) in [4.78, 5) is 9.64. The number of nitrogens with one attached hydrogen (secondary N) is 1. The molecule has 3 heterocycles. The first-order chi connectivity index (χ1) is 10.8. The maximum atomic E-state index is 6.06. The molecule has 0 aliphatic rings. The van der Waals surface area contributed by atoms with Gasteiger partial charge in [-0.2, -0.15) is 10.1 Å². The number of aromatic amines is 1. The van der Waals surface area contributed by atoms with E-state index < -0.39 is 0 Å². The van der Waals surface area contributed by atoms with Crippen molar-refractivity contribution >= 4 is 34.0 Å². The molecule has 22 heavy (non-hydrogen) atoms. The third kappa shape index (κ3) is 2.32. The van der Waals surface area contributed by atoms with E-state index in [1.165, 1.54) is 0 Å². The largest absolute Gasteiger partial charge is 0.423 e. The van der Waals surface area contributed by atoms with Crippen molar-refractivity contribution in [2.75, 3.05) is 0 Å². The zero-order valence-corrected chi connectivity index (χ0v) is 12.7. The van der Waals surface area contributed by atoms with Gasteiger partial charge in [-0.3, -0.25) is 5.10 Å². The van der Waals surface area contributed by atoms with E-state index in [1.54, 1.807) is 29.7 Å². The standard InChI is InChI=1S/C15H9ClN4OS/c16-10-4-1-2-5-11(10)21-15-17-8-9-13(12-6-3-7-22-12)19-20-14(9)18-15/h1-8H,(H,17,18,19,20). The fraction of sp³-hybridized carbons (Fsp3) is 0. The Balaban J connectivity index is 1.72. The maximum absolute atomic E-state index is 6.06. The van der Waals surface area contributed by atoms with E-state index in [1.807, 2.05) is 29.6 Å². The van der Waals surface area contributed by atoms with E-state index >= 15 is 0 Å². The Morgan fingerprint density at radius 1 is 1.14 bits per heavy atom. The van der Waals surface area contributed by atoms with Gasteiger partial charge in [0.15, 0.2) is 5.65 Å². The summed E-state index contributed by atoms with van der Waals surface area (Å²) in [6, 6.07) is 11.4. The number of halogens is 1. The Kier molecular flexibility index (Phi) is 3.25. The molecule has 0 spiro atoms. The van der Waals surface area contributed by atoms with Crippen LogP contribution in [-0.2, 0) is 0 Å². The molecule has 1 N–H and O–H groups in total. The highest BCUT2D eigenvalue weighted by Gasteiger charge is 2.12. The topological polar surface area (TPSA) is 63.7 Å². The van der Waals surface area contributed by atoms with Gasteiger partial charge in [0.1, 0.15) is 11.4 Å². The fourth-order valence-corrected chi connectivity index (χ4v) is 2.97. The summed E-state index contributed by atoms with van der Waals surface area (Å²) in [6.07, 6.45) is 1.70. The molecule has 5 nitrogen and oxygen atoms in total. The van der Waals surface area contributed by atoms with Crippen molar-refractivity contribution in [2.45, 2.75) is 0 Å². The summed E-state index contributed by atoms with van der Waals surface area (Å²) in [7, 11) is 0. The normalized spacial score (nSPS) is 11.0. The lowest BCUT2D eigenvalue weighted by molar-refractivity contribution is 0.444. The van der Waals surface area contributed by atoms with Crippen molar-refractivity contribution in [1.29, 1.82) is 0 Å². The van der Waals surface area contributed by atoms with Crippen LogP contribution in [-0.4, -0.2) is 20.2 Å². The Morgan fingerprint density at radius 2 is 2.05 bits per heavy atom. The SMILES string of the molecule is Clc1ccccc1Oc1ncc2c(-c3cccs3)n[nH]c2n1. The number of hydrogen-bond acceptors (Lipinski definition) is 5. The minimum absolute atomic E-state index is 0.224. The molecule has 0 radical (unpaired) electrons. The summed E-state index contributed by atoms with van der Waals surface area (Å²) in [5.74, 6) is 0.515. The molecule has 3 aromatic heterocycles. The fourth-order valence-electron chi connectivity index (χ4n) is 2.07. The Morgan fingerprint density at radius 3 is 2.86 bits per heavy atom. The molecule has 0 unspecified atom stereocenters. The van der Waals surface area contributed by atoms with Crippen molar-refractivity contribution in [3.63, 3.8) is 0 Å². The van der Waals surface area contributed by atoms with Gasteiger partial charge < -0.3 is 4.74 Å². The molecule has 1 aromatic carbocycles. The van der Waals surface area contributed by atoms with E-state index in [0.29, 0.717) is 16.4 Å². The third-order valence-corrected chi connectivity index (χ3v) is 4.28. The molecule has 0 aliphatic carbocycles. The van der Waals surface area contributed by atoms with Crippen LogP contribution in [0.4, 0.5) is 0 Å². The lowest BCUT2D eigenvalue weighted by Crippen LogP contribution is -1.92. The van der Waals surface area contributed by atoms with Crippen LogP contribution in [0, 0.1) is 0 Å². The third-order valence-electron chi connectivity index (χ3n) is 3.09. The second-order valence-corrected chi connectivity index (χ2v) is 5.85. The molecule has 0 amide bonds. The number of benzene rings is 1. The molecule has 0 saturated carbocycles. The lowest BCUT2D eigenvalue weighted by Gasteiger charge is -2.04. The number of H-pyrrole nitrogens is 1. The van der Waals surface area contributed by atoms with Crippen molar-refractivity contribution in [2.24, 2.45) is 0 Å². The smallest absolute Gasteiger partial charge is 0.324 e. The van der Waals surface area contributed by atoms with Gasteiger partial charge in [-0.1, -0.05) is 29.8 Å². The van der Waals surface area contributed by atoms with E-state index in [-0.39, 0.29) is 6.01 Å². The van der Waals surface area contributed by atoms with Crippen molar-refractivity contribution < 1.29 is 4.74 Å². The minimum atomic E-state index is 0.224. The Labute approximate surface area is 134 Å². The summed E-state index contributed by atoms with van der Waals surface area (Å²) >= 11 is 7.68. The monoisotopic (exact) mass is 328 g/mol. The molecular weight excluding hydrogens is 320 g/mol. The van der Waals surface area contributed by atoms with Crippen LogP contribution in [0.3, 0.4) is 0 Å². The summed E-state index contributed by atoms with van der Waals surface area (Å²) in [5.41, 5.74) is 1.47. The van der Waals surface area contributed by atoms with Gasteiger partial charge in [-0.15, -0.1) is 11.3 Å². The average Bonchev–Trinajstić information content (AvgIpc) is 3.18. The highest BCUT2D eigenvalue weighted by Crippen LogP contribution is 2.31. The Bertz CT molecular complexity index is 936. The van der Waals surface area contributed by atoms with Crippen molar-refractivity contribution in [1.82, 2.24) is 20.2 Å². The van der Waals surface area contributed by atoms with Gasteiger partial charge in [0.2, 0.25) is 0 Å². The molecule has 0 atom stereocenters. The molecular formula is C15H9ClN4OS. The number of nitrogens with zero attached hydrogens (tertiary/aromatic N) is 3. The van der Waals surface area contributed by atoms with E-state index in [2.05, 4.69) is 20.2 Å². The zero-order valence-electron chi connectivity index (χ0n) is 11.2. The van der Waals surface area contributed by atoms with Crippen molar-refractivity contribution in [3.05, 3.63) is 53.0 Å². The van der Waals surface area contributed by atoms with Gasteiger partial charge in [0, 0.05) is 6.20 Å². The molecule has 4 rings (SSSR count). The van der Waals surface area contributed by atoms with Gasteiger partial charge in [-0.05, 0) is 23.6 Å². The van der Waals surface area contributed by atoms with Gasteiger partial charge in [-0.25, -0.2) is 4.98 Å². The first-order valence-corrected chi connectivity index (χ1v) is 7.74. The zero-order chi connectivity index (χ0) is 14.9. The van der Waals surface area contributed by atoms with Gasteiger partial charge >= 0.3 is 6.01 Å². The highest BCUT2D eigenvalue weighted by molar-refractivity contribution is 7.13. The first-order valence-electron chi connectivity index (χ1n) is 6.48. The maximum Gasteiger partial charge on any atom is 0.324 e. The van der Waals surface area contributed by atoms with Crippen LogP contribution in [0.2, 0.25) is 5.02 Å². The molecule has 0 bridgehead atoms. The lowest BCUT2D eigenvalue weighted by atomic mass is 10.2. The molecule has 0 fully saturated rings. The van der Waals surface area contributed by atoms with Gasteiger partial charge in [0.05, 0.1) is 15.3 Å². The summed E-state index contributed by atoms with van der Waals surface area (Å²) in [6.45, 7) is 0. The second-order valence-electron chi connectivity index (χ2n) is 4.50. The van der Waals surface area contributed by atoms with Crippen molar-refractivity contribution in [3.8, 4) is 22.3 Å². The number of thiophene rings is 1. The van der Waals surface area contributed by atoms with Crippen LogP contribution >= 0.6 is 22.9 Å². The highest BCUT2D eigenvalue weighted by atomic mass is 35.5. The number of hydrogen-bond donors (Lipinski definition) is 1.